The van der Waals surface area contributed by atoms with E-state index in [2.05, 4.69) is 9.97 Å². The summed E-state index contributed by atoms with van der Waals surface area (Å²) in [5.41, 5.74) is -1.43. The summed E-state index contributed by atoms with van der Waals surface area (Å²) in [5, 5.41) is 0. The second-order valence-electron chi connectivity index (χ2n) is 7.37. The first-order valence-electron chi connectivity index (χ1n) is 9.86. The number of aromatic nitrogens is 2. The molecule has 0 bridgehead atoms. The van der Waals surface area contributed by atoms with Crippen LogP contribution in [0.1, 0.15) is 24.1 Å². The lowest BCUT2D eigenvalue weighted by Gasteiger charge is -2.31. The van der Waals surface area contributed by atoms with E-state index in [1.165, 1.54) is 43.6 Å². The van der Waals surface area contributed by atoms with Gasteiger partial charge in [-0.1, -0.05) is 18.2 Å². The predicted molar refractivity (Wildman–Crippen MR) is 115 cm³/mol. The molecule has 0 fully saturated rings. The van der Waals surface area contributed by atoms with Crippen LogP contribution in [0.3, 0.4) is 0 Å². The number of fused-ring (bicyclic) bond motifs is 1. The Morgan fingerprint density at radius 3 is 2.32 bits per heavy atom. The largest absolute Gasteiger partial charge is 0.416 e. The highest BCUT2D eigenvalue weighted by Gasteiger charge is 2.36. The molecule has 0 aliphatic rings. The molecule has 0 aliphatic heterocycles. The van der Waals surface area contributed by atoms with Crippen molar-refractivity contribution in [1.29, 1.82) is 0 Å². The molecular weight excluding hydrogens is 477 g/mol. The Morgan fingerprint density at radius 2 is 1.62 bits per heavy atom. The van der Waals surface area contributed by atoms with Crippen molar-refractivity contribution in [3.05, 3.63) is 95.8 Å². The second-order valence-corrected chi connectivity index (χ2v) is 9.15. The van der Waals surface area contributed by atoms with Crippen LogP contribution in [-0.4, -0.2) is 18.4 Å². The van der Waals surface area contributed by atoms with E-state index in [-0.39, 0.29) is 27.2 Å². The van der Waals surface area contributed by atoms with Gasteiger partial charge in [-0.3, -0.25) is 14.3 Å². The molecule has 0 radical (unpaired) electrons. The minimum absolute atomic E-state index is 0.00578. The van der Waals surface area contributed by atoms with Gasteiger partial charge in [-0.15, -0.1) is 0 Å². The molecule has 11 heteroatoms. The Hall–Kier alpha value is -3.60. The van der Waals surface area contributed by atoms with Crippen LogP contribution in [0, 0.1) is 11.6 Å². The molecule has 34 heavy (non-hydrogen) atoms. The highest BCUT2D eigenvalue weighted by Crippen LogP contribution is 2.38. The molecule has 0 spiro atoms. The molecule has 0 unspecified atom stereocenters. The van der Waals surface area contributed by atoms with Gasteiger partial charge < -0.3 is 0 Å². The number of hydrogen-bond acceptors (Lipinski definition) is 4. The van der Waals surface area contributed by atoms with Crippen molar-refractivity contribution in [2.75, 3.05) is 4.31 Å². The topological polar surface area (TPSA) is 63.2 Å². The average molecular weight is 493 g/mol. The van der Waals surface area contributed by atoms with Gasteiger partial charge >= 0.3 is 6.18 Å². The lowest BCUT2D eigenvalue weighted by Crippen LogP contribution is -2.34. The van der Waals surface area contributed by atoms with Crippen molar-refractivity contribution in [2.24, 2.45) is 0 Å². The van der Waals surface area contributed by atoms with Gasteiger partial charge in [0.05, 0.1) is 22.8 Å². The zero-order chi connectivity index (χ0) is 24.7. The monoisotopic (exact) mass is 493 g/mol. The third-order valence-electron chi connectivity index (χ3n) is 5.19. The number of alkyl halides is 3. The molecule has 5 nitrogen and oxygen atoms in total. The Kier molecular flexibility index (Phi) is 5.98. The molecule has 0 saturated carbocycles. The maximum atomic E-state index is 14.6. The van der Waals surface area contributed by atoms with Crippen molar-refractivity contribution in [2.45, 2.75) is 24.0 Å². The van der Waals surface area contributed by atoms with E-state index in [4.69, 9.17) is 0 Å². The molecule has 0 aliphatic carbocycles. The fraction of sp³-hybridized carbons (Fsp3) is 0.130. The molecule has 1 heterocycles. The van der Waals surface area contributed by atoms with Crippen molar-refractivity contribution in [1.82, 2.24) is 9.97 Å². The Morgan fingerprint density at radius 1 is 0.912 bits per heavy atom. The number of hydrogen-bond donors (Lipinski definition) is 0. The summed E-state index contributed by atoms with van der Waals surface area (Å²) in [6.45, 7) is 1.30. The number of halogens is 5. The molecule has 176 valence electrons. The van der Waals surface area contributed by atoms with E-state index >= 15 is 0 Å². The fourth-order valence-corrected chi connectivity index (χ4v) is 5.42. The lowest BCUT2D eigenvalue weighted by atomic mass is 10.1. The molecule has 4 aromatic rings. The van der Waals surface area contributed by atoms with Gasteiger partial charge in [-0.05, 0) is 43.3 Å². The molecule has 1 aromatic heterocycles. The van der Waals surface area contributed by atoms with E-state index < -0.39 is 39.4 Å². The molecule has 3 aromatic carbocycles. The summed E-state index contributed by atoms with van der Waals surface area (Å²) in [6, 6.07) is 9.07. The van der Waals surface area contributed by atoms with Crippen LogP contribution in [0.5, 0.6) is 0 Å². The van der Waals surface area contributed by atoms with Crippen LogP contribution in [0.25, 0.3) is 11.0 Å². The third kappa shape index (κ3) is 4.30. The number of anilines is 1. The summed E-state index contributed by atoms with van der Waals surface area (Å²) < 4.78 is 96.7. The Bertz CT molecular complexity index is 1470. The lowest BCUT2D eigenvalue weighted by molar-refractivity contribution is -0.137. The molecule has 4 rings (SSSR count). The SMILES string of the molecule is C[C@H](c1ccc(F)cc1F)N(c1cccc(C(F)(F)F)c1)S(=O)(=O)c1cccc2nccnc12. The normalized spacial score (nSPS) is 13.1. The number of nitrogens with zero attached hydrogens (tertiary/aromatic N) is 3. The van der Waals surface area contributed by atoms with E-state index in [1.54, 1.807) is 0 Å². The van der Waals surface area contributed by atoms with E-state index in [9.17, 15) is 30.4 Å². The van der Waals surface area contributed by atoms with Crippen molar-refractivity contribution in [3.8, 4) is 0 Å². The van der Waals surface area contributed by atoms with Crippen LogP contribution >= 0.6 is 0 Å². The second kappa shape index (κ2) is 8.64. The molecule has 0 N–H and O–H groups in total. The van der Waals surface area contributed by atoms with Gasteiger partial charge in [-0.25, -0.2) is 17.2 Å². The standard InChI is InChI=1S/C23H16F5N3O2S/c1-14(18-9-8-16(24)13-19(18)25)31(17-5-2-4-15(12-17)23(26,27)28)34(32,33)21-7-3-6-20-22(21)30-11-10-29-20/h2-14H,1H3/t14-/m1/s1. The highest BCUT2D eigenvalue weighted by atomic mass is 32.2. The van der Waals surface area contributed by atoms with E-state index in [0.717, 1.165) is 24.3 Å². The van der Waals surface area contributed by atoms with Crippen molar-refractivity contribution >= 4 is 26.7 Å². The van der Waals surface area contributed by atoms with Gasteiger partial charge in [0.1, 0.15) is 22.0 Å². The van der Waals surface area contributed by atoms with Crippen LogP contribution in [0.4, 0.5) is 27.6 Å². The summed E-state index contributed by atoms with van der Waals surface area (Å²) in [4.78, 5) is 7.81. The maximum Gasteiger partial charge on any atom is 0.416 e. The number of para-hydroxylation sites is 1. The van der Waals surface area contributed by atoms with Crippen molar-refractivity contribution < 1.29 is 30.4 Å². The van der Waals surface area contributed by atoms with Crippen LogP contribution in [-0.2, 0) is 16.2 Å². The maximum absolute atomic E-state index is 14.6. The van der Waals surface area contributed by atoms with E-state index in [0.29, 0.717) is 16.4 Å². The van der Waals surface area contributed by atoms with Gasteiger partial charge in [-0.2, -0.15) is 13.2 Å². The minimum Gasteiger partial charge on any atom is -0.259 e. The smallest absolute Gasteiger partial charge is 0.259 e. The quantitative estimate of drug-likeness (QED) is 0.326. The summed E-state index contributed by atoms with van der Waals surface area (Å²) in [6.07, 6.45) is -2.11. The fourth-order valence-electron chi connectivity index (χ4n) is 3.64. The molecule has 1 atom stereocenters. The first-order chi connectivity index (χ1) is 16.0. The molecule has 0 amide bonds. The zero-order valence-corrected chi connectivity index (χ0v) is 18.3. The van der Waals surface area contributed by atoms with Crippen LogP contribution < -0.4 is 4.31 Å². The van der Waals surface area contributed by atoms with Crippen molar-refractivity contribution in [3.63, 3.8) is 0 Å². The van der Waals surface area contributed by atoms with E-state index in [1.807, 2.05) is 0 Å². The van der Waals surface area contributed by atoms with Gasteiger partial charge in [0.25, 0.3) is 10.0 Å². The number of benzene rings is 3. The highest BCUT2D eigenvalue weighted by molar-refractivity contribution is 7.93. The summed E-state index contributed by atoms with van der Waals surface area (Å²) in [7, 11) is -4.61. The average Bonchev–Trinajstić information content (AvgIpc) is 2.78. The third-order valence-corrected chi connectivity index (χ3v) is 7.12. The Balaban J connectivity index is 1.98. The van der Waals surface area contributed by atoms with Gasteiger partial charge in [0.2, 0.25) is 0 Å². The first kappa shape index (κ1) is 23.6. The predicted octanol–water partition coefficient (Wildman–Crippen LogP) is 5.88. The first-order valence-corrected chi connectivity index (χ1v) is 11.3. The summed E-state index contributed by atoms with van der Waals surface area (Å²) in [5.74, 6) is -1.93. The molecule has 0 saturated heterocycles. The minimum atomic E-state index is -4.75. The molecular formula is C23H16F5N3O2S. The van der Waals surface area contributed by atoms with Crippen LogP contribution in [0.15, 0.2) is 78.0 Å². The van der Waals surface area contributed by atoms with Gasteiger partial charge in [0.15, 0.2) is 0 Å². The van der Waals surface area contributed by atoms with Crippen LogP contribution in [0.2, 0.25) is 0 Å². The zero-order valence-electron chi connectivity index (χ0n) is 17.5. The number of sulfonamides is 1. The Labute approximate surface area is 191 Å². The van der Waals surface area contributed by atoms with Gasteiger partial charge in [0, 0.05) is 24.0 Å². The summed E-state index contributed by atoms with van der Waals surface area (Å²) >= 11 is 0. The number of rotatable bonds is 5.